The van der Waals surface area contributed by atoms with E-state index in [1.165, 1.54) is 0 Å². The summed E-state index contributed by atoms with van der Waals surface area (Å²) in [5.41, 5.74) is 2.03. The first-order valence-corrected chi connectivity index (χ1v) is 10.1. The van der Waals surface area contributed by atoms with E-state index in [0.717, 1.165) is 31.5 Å². The molecular weight excluding hydrogens is 392 g/mol. The Bertz CT molecular complexity index is 1030. The summed E-state index contributed by atoms with van der Waals surface area (Å²) in [6.07, 6.45) is 2.58. The van der Waals surface area contributed by atoms with E-state index in [1.807, 2.05) is 6.07 Å². The van der Waals surface area contributed by atoms with Gasteiger partial charge in [0.1, 0.15) is 11.3 Å². The van der Waals surface area contributed by atoms with Crippen molar-refractivity contribution >= 4 is 34.6 Å². The van der Waals surface area contributed by atoms with Crippen molar-refractivity contribution in [1.82, 2.24) is 15.3 Å². The fourth-order valence-corrected chi connectivity index (χ4v) is 4.18. The maximum absolute atomic E-state index is 11.5. The van der Waals surface area contributed by atoms with Gasteiger partial charge < -0.3 is 25.8 Å². The number of phenolic OH excluding ortho intramolecular Hbond substituents is 1. The molecule has 8 heteroatoms. The van der Waals surface area contributed by atoms with Gasteiger partial charge >= 0.3 is 5.97 Å². The lowest BCUT2D eigenvalue weighted by atomic mass is 9.86. The molecule has 0 radical (unpaired) electrons. The summed E-state index contributed by atoms with van der Waals surface area (Å²) >= 11 is 6.13. The van der Waals surface area contributed by atoms with Crippen molar-refractivity contribution in [2.24, 2.45) is 5.92 Å². The Balaban J connectivity index is 1.64. The van der Waals surface area contributed by atoms with Crippen LogP contribution in [0, 0.1) is 5.92 Å². The molecule has 1 fully saturated rings. The van der Waals surface area contributed by atoms with E-state index < -0.39 is 5.97 Å². The highest BCUT2D eigenvalue weighted by atomic mass is 35.5. The number of H-pyrrole nitrogens is 1. The third kappa shape index (κ3) is 4.31. The molecule has 2 heterocycles. The summed E-state index contributed by atoms with van der Waals surface area (Å²) in [5, 5.41) is 27.1. The van der Waals surface area contributed by atoms with E-state index in [0.29, 0.717) is 34.3 Å². The van der Waals surface area contributed by atoms with Gasteiger partial charge in [-0.25, -0.2) is 9.78 Å². The fraction of sp³-hybridized carbons (Fsp3) is 0.333. The average molecular weight is 415 g/mol. The van der Waals surface area contributed by atoms with E-state index in [2.05, 4.69) is 20.6 Å². The van der Waals surface area contributed by atoms with Gasteiger partial charge in [0.25, 0.3) is 0 Å². The number of piperidine rings is 1. The van der Waals surface area contributed by atoms with Crippen molar-refractivity contribution in [3.63, 3.8) is 0 Å². The number of aromatic hydroxyl groups is 1. The van der Waals surface area contributed by atoms with E-state index >= 15 is 0 Å². The van der Waals surface area contributed by atoms with E-state index in [4.69, 9.17) is 11.6 Å². The number of fused-ring (bicyclic) bond motifs is 1. The number of imidazole rings is 1. The number of hydrogen-bond acceptors (Lipinski definition) is 5. The molecule has 5 N–H and O–H groups in total. The van der Waals surface area contributed by atoms with Crippen molar-refractivity contribution in [2.75, 3.05) is 18.4 Å². The fourth-order valence-electron chi connectivity index (χ4n) is 3.99. The largest absolute Gasteiger partial charge is 0.508 e. The molecule has 1 unspecified atom stereocenters. The van der Waals surface area contributed by atoms with Gasteiger partial charge in [-0.1, -0.05) is 17.7 Å². The summed E-state index contributed by atoms with van der Waals surface area (Å²) in [6.45, 7) is 1.88. The molecule has 1 aliphatic rings. The van der Waals surface area contributed by atoms with Crippen LogP contribution in [0.4, 0.5) is 5.95 Å². The second-order valence-electron chi connectivity index (χ2n) is 7.41. The third-order valence-electron chi connectivity index (χ3n) is 5.50. The minimum Gasteiger partial charge on any atom is -0.508 e. The predicted molar refractivity (Wildman–Crippen MR) is 113 cm³/mol. The van der Waals surface area contributed by atoms with Crippen LogP contribution in [0.25, 0.3) is 11.0 Å². The van der Waals surface area contributed by atoms with Gasteiger partial charge in [0.05, 0.1) is 11.1 Å². The molecule has 1 atom stereocenters. The lowest BCUT2D eigenvalue weighted by molar-refractivity contribution is 0.0699. The van der Waals surface area contributed by atoms with Crippen molar-refractivity contribution in [1.29, 1.82) is 0 Å². The Morgan fingerprint density at radius 3 is 2.83 bits per heavy atom. The SMILES string of the molecule is O=C(O)c1cccc2[nH]c(NC(Cc3cc(Cl)ccc3O)C3CCNCC3)nc12. The number of carboxylic acid groups (broad SMARTS) is 1. The zero-order valence-electron chi connectivity index (χ0n) is 15.8. The number of rotatable bonds is 6. The lowest BCUT2D eigenvalue weighted by Gasteiger charge is -2.31. The Morgan fingerprint density at radius 2 is 2.07 bits per heavy atom. The van der Waals surface area contributed by atoms with Crippen LogP contribution in [0.1, 0.15) is 28.8 Å². The van der Waals surface area contributed by atoms with Crippen LogP contribution in [-0.2, 0) is 6.42 Å². The number of nitrogens with zero attached hydrogens (tertiary/aromatic N) is 1. The normalized spacial score (nSPS) is 16.0. The zero-order chi connectivity index (χ0) is 20.4. The number of carboxylic acids is 1. The zero-order valence-corrected chi connectivity index (χ0v) is 16.5. The number of aromatic carboxylic acids is 1. The minimum absolute atomic E-state index is 0.00954. The van der Waals surface area contributed by atoms with Crippen LogP contribution in [0.5, 0.6) is 5.75 Å². The van der Waals surface area contributed by atoms with Crippen LogP contribution in [0.15, 0.2) is 36.4 Å². The number of hydrogen-bond donors (Lipinski definition) is 5. The number of halogens is 1. The van der Waals surface area contributed by atoms with E-state index in [-0.39, 0.29) is 17.4 Å². The van der Waals surface area contributed by atoms with Crippen molar-refractivity contribution in [3.05, 3.63) is 52.5 Å². The maximum atomic E-state index is 11.5. The minimum atomic E-state index is -1.01. The molecule has 29 heavy (non-hydrogen) atoms. The first kappa shape index (κ1) is 19.5. The number of para-hydroxylation sites is 1. The number of aromatic amines is 1. The molecule has 3 aromatic rings. The van der Waals surface area contributed by atoms with Gasteiger partial charge in [-0.2, -0.15) is 0 Å². The molecule has 0 amide bonds. The first-order valence-electron chi connectivity index (χ1n) is 9.68. The molecular formula is C21H23ClN4O3. The monoisotopic (exact) mass is 414 g/mol. The summed E-state index contributed by atoms with van der Waals surface area (Å²) < 4.78 is 0. The number of phenols is 1. The van der Waals surface area contributed by atoms with Gasteiger partial charge in [-0.15, -0.1) is 0 Å². The Labute approximate surface area is 173 Å². The van der Waals surface area contributed by atoms with Crippen LogP contribution in [0.2, 0.25) is 5.02 Å². The predicted octanol–water partition coefficient (Wildman–Crippen LogP) is 3.64. The lowest BCUT2D eigenvalue weighted by Crippen LogP contribution is -2.39. The number of benzene rings is 2. The van der Waals surface area contributed by atoms with Crippen molar-refractivity contribution < 1.29 is 15.0 Å². The number of carbonyl (C=O) groups is 1. The topological polar surface area (TPSA) is 110 Å². The Morgan fingerprint density at radius 1 is 1.28 bits per heavy atom. The highest BCUT2D eigenvalue weighted by molar-refractivity contribution is 6.30. The van der Waals surface area contributed by atoms with E-state index in [9.17, 15) is 15.0 Å². The highest BCUT2D eigenvalue weighted by Crippen LogP contribution is 2.29. The van der Waals surface area contributed by atoms with Gasteiger partial charge in [-0.05, 0) is 74.2 Å². The number of anilines is 1. The molecule has 0 bridgehead atoms. The van der Waals surface area contributed by atoms with Crippen molar-refractivity contribution in [3.8, 4) is 5.75 Å². The molecule has 4 rings (SSSR count). The van der Waals surface area contributed by atoms with Gasteiger partial charge in [0, 0.05) is 11.1 Å². The molecule has 0 spiro atoms. The smallest absolute Gasteiger partial charge is 0.337 e. The average Bonchev–Trinajstić information content (AvgIpc) is 3.13. The van der Waals surface area contributed by atoms with Crippen LogP contribution < -0.4 is 10.6 Å². The summed E-state index contributed by atoms with van der Waals surface area (Å²) in [7, 11) is 0. The summed E-state index contributed by atoms with van der Waals surface area (Å²) in [5.74, 6) is 0.112. The molecule has 1 aliphatic heterocycles. The Hall–Kier alpha value is -2.77. The molecule has 2 aromatic carbocycles. The molecule has 152 valence electrons. The molecule has 1 aromatic heterocycles. The van der Waals surface area contributed by atoms with Crippen molar-refractivity contribution in [2.45, 2.75) is 25.3 Å². The summed E-state index contributed by atoms with van der Waals surface area (Å²) in [6, 6.07) is 10.1. The van der Waals surface area contributed by atoms with Crippen LogP contribution in [-0.4, -0.2) is 45.3 Å². The molecule has 1 saturated heterocycles. The molecule has 0 saturated carbocycles. The first-order chi connectivity index (χ1) is 14.0. The quantitative estimate of drug-likeness (QED) is 0.421. The van der Waals surface area contributed by atoms with Crippen LogP contribution >= 0.6 is 11.6 Å². The molecule has 7 nitrogen and oxygen atoms in total. The number of aromatic nitrogens is 2. The number of nitrogens with one attached hydrogen (secondary N) is 3. The maximum Gasteiger partial charge on any atom is 0.337 e. The Kier molecular flexibility index (Phi) is 5.60. The standard InChI is InChI=1S/C21H23ClN4O3/c22-14-4-5-18(27)13(10-14)11-17(12-6-8-23-9-7-12)25-21-24-16-3-1-2-15(20(28)29)19(16)26-21/h1-5,10,12,17,23,27H,6-9,11H2,(H,28,29)(H2,24,25,26). The molecule has 0 aliphatic carbocycles. The summed E-state index contributed by atoms with van der Waals surface area (Å²) in [4.78, 5) is 19.2. The van der Waals surface area contributed by atoms with Gasteiger partial charge in [0.15, 0.2) is 0 Å². The van der Waals surface area contributed by atoms with E-state index in [1.54, 1.807) is 30.3 Å². The second kappa shape index (κ2) is 8.31. The van der Waals surface area contributed by atoms with Gasteiger partial charge in [0.2, 0.25) is 5.95 Å². The van der Waals surface area contributed by atoms with Gasteiger partial charge in [-0.3, -0.25) is 0 Å². The second-order valence-corrected chi connectivity index (χ2v) is 7.84. The van der Waals surface area contributed by atoms with Crippen LogP contribution in [0.3, 0.4) is 0 Å². The third-order valence-corrected chi connectivity index (χ3v) is 5.73. The highest BCUT2D eigenvalue weighted by Gasteiger charge is 2.26.